The van der Waals surface area contributed by atoms with Crippen LogP contribution in [0.25, 0.3) is 0 Å². The Labute approximate surface area is 284 Å². The highest BCUT2D eigenvalue weighted by Gasteiger charge is 2.27. The maximum atomic E-state index is 12.6. The van der Waals surface area contributed by atoms with Crippen LogP contribution in [0, 0.1) is 17.8 Å². The molecule has 1 rings (SSSR count). The third kappa shape index (κ3) is 23.3. The van der Waals surface area contributed by atoms with Crippen LogP contribution in [0.2, 0.25) is 0 Å². The number of nitrogens with one attached hydrogen (secondary N) is 3. The van der Waals surface area contributed by atoms with E-state index in [1.807, 2.05) is 27.0 Å². The topological polar surface area (TPSA) is 126 Å². The monoisotopic (exact) mass is 685 g/mol. The zero-order valence-corrected chi connectivity index (χ0v) is 30.1. The third-order valence-electron chi connectivity index (χ3n) is 5.78. The molecule has 0 bridgehead atoms. The van der Waals surface area contributed by atoms with Crippen molar-refractivity contribution in [3.8, 4) is 17.6 Å². The Hall–Kier alpha value is -2.02. The molecule has 0 aliphatic carbocycles. The number of amides is 2. The maximum Gasteiger partial charge on any atom is 0.251 e. The molecule has 0 aliphatic rings. The molecule has 1 aromatic carbocycles. The number of hydrogen-bond donors (Lipinski definition) is 3. The van der Waals surface area contributed by atoms with E-state index in [0.717, 1.165) is 13.0 Å². The first-order valence-corrected chi connectivity index (χ1v) is 18.4. The van der Waals surface area contributed by atoms with Crippen molar-refractivity contribution < 1.29 is 38.0 Å². The van der Waals surface area contributed by atoms with E-state index in [1.54, 1.807) is 35.1 Å². The molecule has 0 fully saturated rings. The van der Waals surface area contributed by atoms with Crippen molar-refractivity contribution >= 4 is 33.4 Å². The summed E-state index contributed by atoms with van der Waals surface area (Å²) < 4.78 is 34.1. The third-order valence-corrected chi connectivity index (χ3v) is 8.10. The van der Waals surface area contributed by atoms with Crippen LogP contribution < -0.4 is 20.7 Å². The second-order valence-electron chi connectivity index (χ2n) is 10.9. The average Bonchev–Trinajstić information content (AvgIpc) is 3.02. The number of rotatable bonds is 27. The summed E-state index contributed by atoms with van der Waals surface area (Å²) in [4.78, 5) is 23.8. The molecule has 0 aromatic heterocycles. The Kier molecular flexibility index (Phi) is 24.6. The molecular formula is C33H55N3O8S2. The lowest BCUT2D eigenvalue weighted by atomic mass is 10.2. The molecule has 262 valence electrons. The van der Waals surface area contributed by atoms with E-state index in [4.69, 9.17) is 28.4 Å². The highest BCUT2D eigenvalue weighted by molar-refractivity contribution is 8.76. The van der Waals surface area contributed by atoms with Crippen LogP contribution in [0.4, 0.5) is 0 Å². The van der Waals surface area contributed by atoms with Gasteiger partial charge < -0.3 is 44.4 Å². The van der Waals surface area contributed by atoms with Crippen molar-refractivity contribution in [3.05, 3.63) is 29.8 Å². The molecule has 13 heteroatoms. The van der Waals surface area contributed by atoms with E-state index in [1.165, 1.54) is 10.8 Å². The molecule has 0 unspecified atom stereocenters. The normalized spacial score (nSPS) is 12.4. The van der Waals surface area contributed by atoms with E-state index in [9.17, 15) is 9.59 Å². The van der Waals surface area contributed by atoms with E-state index in [2.05, 4.69) is 41.6 Å². The molecule has 3 N–H and O–H groups in total. The van der Waals surface area contributed by atoms with Gasteiger partial charge in [-0.2, -0.15) is 0 Å². The Morgan fingerprint density at radius 3 is 2.28 bits per heavy atom. The quantitative estimate of drug-likeness (QED) is 0.0543. The Morgan fingerprint density at radius 1 is 0.891 bits per heavy atom. The Morgan fingerprint density at radius 2 is 1.59 bits per heavy atom. The summed E-state index contributed by atoms with van der Waals surface area (Å²) in [6, 6.07) is 7.50. The summed E-state index contributed by atoms with van der Waals surface area (Å²) in [6.45, 7) is 15.6. The molecule has 0 radical (unpaired) electrons. The molecule has 0 aliphatic heterocycles. The van der Waals surface area contributed by atoms with Crippen molar-refractivity contribution in [3.63, 3.8) is 0 Å². The van der Waals surface area contributed by atoms with Gasteiger partial charge in [0, 0.05) is 30.7 Å². The number of hydrogen-bond acceptors (Lipinski definition) is 11. The van der Waals surface area contributed by atoms with Gasteiger partial charge in [0.15, 0.2) is 4.93 Å². The lowest BCUT2D eigenvalue weighted by Crippen LogP contribution is -2.33. The fourth-order valence-electron chi connectivity index (χ4n) is 3.58. The summed E-state index contributed by atoms with van der Waals surface area (Å²) in [5, 5.41) is 8.91. The second kappa shape index (κ2) is 27.0. The molecule has 0 saturated carbocycles. The minimum atomic E-state index is -0.672. The maximum absolute atomic E-state index is 12.6. The number of carbonyl (C=O) groups is 2. The average molecular weight is 686 g/mol. The zero-order chi connectivity index (χ0) is 33.9. The van der Waals surface area contributed by atoms with Gasteiger partial charge >= 0.3 is 0 Å². The van der Waals surface area contributed by atoms with Gasteiger partial charge in [0.2, 0.25) is 5.91 Å². The predicted molar refractivity (Wildman–Crippen MR) is 186 cm³/mol. The van der Waals surface area contributed by atoms with Crippen LogP contribution in [0.1, 0.15) is 51.4 Å². The zero-order valence-electron chi connectivity index (χ0n) is 28.4. The standard InChI is InChI=1S/C33H55N3O8S2/c1-27(2)10-8-13-35-31(37)25-42-22-23-44-33(5,46-45-6)26-43-30-12-7-11-29(24-30)32(38)36-15-17-40-19-21-41-20-18-39-16-9-14-34-28(3)4/h7,11-12,24,27-28,34H,9,13-23,25-26H2,1-6H3,(H,35,37)(H,36,38)/t33-/m1/s1. The molecule has 1 atom stereocenters. The second-order valence-corrected chi connectivity index (χ2v) is 13.8. The number of ether oxygens (including phenoxy) is 6. The molecule has 0 spiro atoms. The molecular weight excluding hydrogens is 631 g/mol. The molecule has 46 heavy (non-hydrogen) atoms. The van der Waals surface area contributed by atoms with Crippen molar-refractivity contribution in [2.24, 2.45) is 5.92 Å². The van der Waals surface area contributed by atoms with Gasteiger partial charge in [-0.1, -0.05) is 67.2 Å². The number of carbonyl (C=O) groups excluding carboxylic acids is 2. The van der Waals surface area contributed by atoms with Crippen LogP contribution in [-0.2, 0) is 28.5 Å². The van der Waals surface area contributed by atoms with E-state index < -0.39 is 4.93 Å². The lowest BCUT2D eigenvalue weighted by Gasteiger charge is -2.28. The van der Waals surface area contributed by atoms with Crippen LogP contribution in [0.15, 0.2) is 24.3 Å². The largest absolute Gasteiger partial charge is 0.490 e. The van der Waals surface area contributed by atoms with E-state index in [0.29, 0.717) is 70.1 Å². The molecule has 1 aromatic rings. The fraction of sp³-hybridized carbons (Fsp3) is 0.697. The molecule has 11 nitrogen and oxygen atoms in total. The van der Waals surface area contributed by atoms with Crippen LogP contribution >= 0.6 is 21.6 Å². The summed E-state index contributed by atoms with van der Waals surface area (Å²) in [5.74, 6) is 6.28. The van der Waals surface area contributed by atoms with Crippen molar-refractivity contribution in [2.45, 2.75) is 52.0 Å². The van der Waals surface area contributed by atoms with E-state index >= 15 is 0 Å². The Bertz CT molecular complexity index is 1020. The Balaban J connectivity index is 2.24. The molecule has 0 saturated heterocycles. The minimum absolute atomic E-state index is 0.0573. The van der Waals surface area contributed by atoms with Gasteiger partial charge in [-0.15, -0.1) is 0 Å². The van der Waals surface area contributed by atoms with Gasteiger partial charge in [-0.25, -0.2) is 0 Å². The first-order valence-electron chi connectivity index (χ1n) is 15.8. The highest BCUT2D eigenvalue weighted by Crippen LogP contribution is 2.35. The molecule has 2 amide bonds. The predicted octanol–water partition coefficient (Wildman–Crippen LogP) is 3.77. The van der Waals surface area contributed by atoms with Gasteiger partial charge in [-0.3, -0.25) is 9.59 Å². The number of benzene rings is 1. The van der Waals surface area contributed by atoms with E-state index in [-0.39, 0.29) is 44.2 Å². The minimum Gasteiger partial charge on any atom is -0.490 e. The van der Waals surface area contributed by atoms with Crippen LogP contribution in [-0.4, -0.2) is 115 Å². The van der Waals surface area contributed by atoms with Gasteiger partial charge in [0.05, 0.1) is 52.8 Å². The lowest BCUT2D eigenvalue weighted by molar-refractivity contribution is -0.126. The summed E-state index contributed by atoms with van der Waals surface area (Å²) in [7, 11) is 3.08. The molecule has 0 heterocycles. The summed E-state index contributed by atoms with van der Waals surface area (Å²) in [6.07, 6.45) is 2.94. The van der Waals surface area contributed by atoms with Crippen molar-refractivity contribution in [1.29, 1.82) is 0 Å². The summed E-state index contributed by atoms with van der Waals surface area (Å²) in [5.41, 5.74) is 0.489. The first-order chi connectivity index (χ1) is 22.1. The van der Waals surface area contributed by atoms with Gasteiger partial charge in [0.25, 0.3) is 5.91 Å². The SMILES string of the molecule is CSS[C@](C)(COc1cccc(C(=O)NCCOCCOCCOCCCNC(C)C)c1)OCCOCC(=O)NCC#CC(C)C. The highest BCUT2D eigenvalue weighted by atomic mass is 33.1. The van der Waals surface area contributed by atoms with Crippen LogP contribution in [0.3, 0.4) is 0 Å². The van der Waals surface area contributed by atoms with Crippen LogP contribution in [0.5, 0.6) is 5.75 Å². The van der Waals surface area contributed by atoms with Gasteiger partial charge in [-0.05, 0) is 44.3 Å². The van der Waals surface area contributed by atoms with Gasteiger partial charge in [0.1, 0.15) is 19.0 Å². The fourth-order valence-corrected chi connectivity index (χ4v) is 5.52. The van der Waals surface area contributed by atoms with Crippen molar-refractivity contribution in [2.75, 3.05) is 92.0 Å². The van der Waals surface area contributed by atoms with Crippen molar-refractivity contribution in [1.82, 2.24) is 16.0 Å². The summed E-state index contributed by atoms with van der Waals surface area (Å²) >= 11 is 0. The smallest absolute Gasteiger partial charge is 0.251 e. The first kappa shape index (κ1) is 42.0.